The number of carbonyl (C=O) groups excluding carboxylic acids is 1. The van der Waals surface area contributed by atoms with Crippen LogP contribution in [-0.2, 0) is 16.1 Å². The Kier molecular flexibility index (Phi) is 10.0. The molecule has 0 unspecified atom stereocenters. The summed E-state index contributed by atoms with van der Waals surface area (Å²) in [5, 5.41) is 0.628. The maximum absolute atomic E-state index is 14.0. The molecule has 0 N–H and O–H groups in total. The highest BCUT2D eigenvalue weighted by atomic mass is 127. The van der Waals surface area contributed by atoms with Crippen LogP contribution in [0.2, 0.25) is 5.02 Å². The molecule has 5 rings (SSSR count). The van der Waals surface area contributed by atoms with Gasteiger partial charge in [-0.1, -0.05) is 53.3 Å². The molecule has 1 aliphatic rings. The van der Waals surface area contributed by atoms with Crippen molar-refractivity contribution >= 4 is 69.3 Å². The molecule has 1 aliphatic heterocycles. The van der Waals surface area contributed by atoms with Crippen molar-refractivity contribution in [2.24, 2.45) is 4.99 Å². The summed E-state index contributed by atoms with van der Waals surface area (Å²) in [6.45, 7) is 4.04. The summed E-state index contributed by atoms with van der Waals surface area (Å²) in [6, 6.07) is 18.5. The van der Waals surface area contributed by atoms with Crippen LogP contribution in [0.5, 0.6) is 11.5 Å². The van der Waals surface area contributed by atoms with Crippen molar-refractivity contribution in [3.8, 4) is 11.5 Å². The number of hydrogen-bond acceptors (Lipinski definition) is 8. The predicted octanol–water partition coefficient (Wildman–Crippen LogP) is 6.37. The minimum absolute atomic E-state index is 0.219. The van der Waals surface area contributed by atoms with E-state index in [0.717, 1.165) is 25.2 Å². The van der Waals surface area contributed by atoms with Crippen molar-refractivity contribution in [1.29, 1.82) is 0 Å². The average Bonchev–Trinajstić information content (AvgIpc) is 3.30. The normalized spacial score (nSPS) is 14.7. The fraction of sp³-hybridized carbons (Fsp3) is 0.219. The Morgan fingerprint density at radius 3 is 2.60 bits per heavy atom. The minimum Gasteiger partial charge on any atom is -0.493 e. The van der Waals surface area contributed by atoms with Crippen LogP contribution < -0.4 is 24.4 Å². The maximum atomic E-state index is 14.0. The third kappa shape index (κ3) is 6.57. The van der Waals surface area contributed by atoms with Gasteiger partial charge < -0.3 is 14.2 Å². The SMILES string of the molecule is CCOC(=O)C1=C(C)N=c2s/c(=C\c3cc(I)c(OCc4ccccc4Cl)c(OC)c3)c(=O)n2[C@H]1c1ccc(SC)cc1. The second kappa shape index (κ2) is 13.7. The first-order valence-corrected chi connectivity index (χ1v) is 16.8. The van der Waals surface area contributed by atoms with Crippen LogP contribution in [0.15, 0.2) is 86.6 Å². The third-order valence-electron chi connectivity index (χ3n) is 6.83. The number of benzene rings is 3. The van der Waals surface area contributed by atoms with Gasteiger partial charge >= 0.3 is 5.97 Å². The highest BCUT2D eigenvalue weighted by Gasteiger charge is 2.33. The molecule has 43 heavy (non-hydrogen) atoms. The van der Waals surface area contributed by atoms with Crippen LogP contribution in [0.3, 0.4) is 0 Å². The van der Waals surface area contributed by atoms with Crippen LogP contribution >= 0.6 is 57.3 Å². The molecule has 1 atom stereocenters. The van der Waals surface area contributed by atoms with E-state index in [2.05, 4.69) is 27.6 Å². The number of carbonyl (C=O) groups is 1. The molecule has 3 aromatic carbocycles. The maximum Gasteiger partial charge on any atom is 0.338 e. The van der Waals surface area contributed by atoms with Crippen molar-refractivity contribution in [3.63, 3.8) is 0 Å². The summed E-state index contributed by atoms with van der Waals surface area (Å²) >= 11 is 11.4. The van der Waals surface area contributed by atoms with E-state index in [-0.39, 0.29) is 18.8 Å². The lowest BCUT2D eigenvalue weighted by atomic mass is 9.96. The second-order valence-electron chi connectivity index (χ2n) is 9.49. The van der Waals surface area contributed by atoms with Crippen molar-refractivity contribution in [1.82, 2.24) is 4.57 Å². The average molecular weight is 747 g/mol. The Morgan fingerprint density at radius 2 is 1.93 bits per heavy atom. The summed E-state index contributed by atoms with van der Waals surface area (Å²) in [5.41, 5.74) is 3.07. The first-order chi connectivity index (χ1) is 20.7. The number of thiazole rings is 1. The monoisotopic (exact) mass is 746 g/mol. The van der Waals surface area contributed by atoms with Crippen LogP contribution in [0.25, 0.3) is 6.08 Å². The number of nitrogens with zero attached hydrogens (tertiary/aromatic N) is 2. The number of aromatic nitrogens is 1. The second-order valence-corrected chi connectivity index (χ2v) is 12.9. The van der Waals surface area contributed by atoms with E-state index in [1.165, 1.54) is 11.3 Å². The number of methoxy groups -OCH3 is 1. The fourth-order valence-corrected chi connectivity index (χ4v) is 7.20. The zero-order valence-electron chi connectivity index (χ0n) is 23.9. The number of rotatable bonds is 9. The van der Waals surface area contributed by atoms with Crippen molar-refractivity contribution in [2.75, 3.05) is 20.0 Å². The summed E-state index contributed by atoms with van der Waals surface area (Å²) in [4.78, 5) is 33.4. The van der Waals surface area contributed by atoms with Gasteiger partial charge in [0.2, 0.25) is 0 Å². The number of fused-ring (bicyclic) bond motifs is 1. The molecular formula is C32H28ClIN2O5S2. The molecule has 0 saturated heterocycles. The van der Waals surface area contributed by atoms with Gasteiger partial charge in [-0.3, -0.25) is 9.36 Å². The molecular weight excluding hydrogens is 719 g/mol. The van der Waals surface area contributed by atoms with Crippen LogP contribution in [0, 0.1) is 3.57 Å². The number of halogens is 2. The molecule has 1 aromatic heterocycles. The van der Waals surface area contributed by atoms with Gasteiger partial charge in [-0.2, -0.15) is 0 Å². The van der Waals surface area contributed by atoms with Gasteiger partial charge in [-0.15, -0.1) is 11.8 Å². The lowest BCUT2D eigenvalue weighted by molar-refractivity contribution is -0.139. The van der Waals surface area contributed by atoms with Crippen molar-refractivity contribution in [2.45, 2.75) is 31.4 Å². The van der Waals surface area contributed by atoms with E-state index < -0.39 is 12.0 Å². The van der Waals surface area contributed by atoms with Crippen LogP contribution in [-0.4, -0.2) is 30.5 Å². The van der Waals surface area contributed by atoms with Gasteiger partial charge in [0.15, 0.2) is 16.3 Å². The van der Waals surface area contributed by atoms with E-state index in [1.54, 1.807) is 37.3 Å². The summed E-state index contributed by atoms with van der Waals surface area (Å²) in [6.07, 6.45) is 3.81. The molecule has 7 nitrogen and oxygen atoms in total. The first-order valence-electron chi connectivity index (χ1n) is 13.3. The standard InChI is InChI=1S/C32H28ClIN2O5S2/c1-5-40-31(38)27-18(2)35-32-36(28(27)20-10-12-22(42-4)13-11-20)30(37)26(43-32)16-19-14-24(34)29(25(15-19)39-3)41-17-21-8-6-7-9-23(21)33/h6-16,28H,5,17H2,1-4H3/b26-16-/t28-/m0/s1. The number of ether oxygens (including phenoxy) is 3. The highest BCUT2D eigenvalue weighted by Crippen LogP contribution is 2.35. The largest absolute Gasteiger partial charge is 0.493 e. The summed E-state index contributed by atoms with van der Waals surface area (Å²) in [7, 11) is 1.58. The zero-order chi connectivity index (χ0) is 30.7. The molecule has 2 heterocycles. The van der Waals surface area contributed by atoms with E-state index >= 15 is 0 Å². The number of allylic oxidation sites excluding steroid dienone is 1. The Labute approximate surface area is 276 Å². The third-order valence-corrected chi connectivity index (χ3v) is 9.72. The zero-order valence-corrected chi connectivity index (χ0v) is 28.4. The summed E-state index contributed by atoms with van der Waals surface area (Å²) < 4.78 is 20.0. The van der Waals surface area contributed by atoms with Gasteiger partial charge in [-0.05, 0) is 90.2 Å². The Bertz CT molecular complexity index is 1900. The van der Waals surface area contributed by atoms with E-state index in [0.29, 0.717) is 37.1 Å². The molecule has 0 bridgehead atoms. The topological polar surface area (TPSA) is 79.1 Å². The van der Waals surface area contributed by atoms with Gasteiger partial charge in [0.25, 0.3) is 5.56 Å². The van der Waals surface area contributed by atoms with Crippen LogP contribution in [0.4, 0.5) is 0 Å². The molecule has 0 radical (unpaired) electrons. The van der Waals surface area contributed by atoms with E-state index in [4.69, 9.17) is 25.8 Å². The van der Waals surface area contributed by atoms with Crippen molar-refractivity contribution in [3.05, 3.63) is 117 Å². The van der Waals surface area contributed by atoms with Gasteiger partial charge in [0.05, 0.1) is 39.1 Å². The molecule has 4 aromatic rings. The molecule has 0 saturated carbocycles. The molecule has 0 amide bonds. The van der Waals surface area contributed by atoms with E-state index in [9.17, 15) is 9.59 Å². The van der Waals surface area contributed by atoms with Gasteiger partial charge in [0.1, 0.15) is 6.61 Å². The van der Waals surface area contributed by atoms with Crippen LogP contribution in [0.1, 0.15) is 36.6 Å². The summed E-state index contributed by atoms with van der Waals surface area (Å²) in [5.74, 6) is 0.638. The smallest absolute Gasteiger partial charge is 0.338 e. The van der Waals surface area contributed by atoms with Gasteiger partial charge in [-0.25, -0.2) is 9.79 Å². The van der Waals surface area contributed by atoms with Crippen molar-refractivity contribution < 1.29 is 19.0 Å². The highest BCUT2D eigenvalue weighted by molar-refractivity contribution is 14.1. The number of thioether (sulfide) groups is 1. The lowest BCUT2D eigenvalue weighted by Gasteiger charge is -2.24. The first kappa shape index (κ1) is 31.4. The Morgan fingerprint density at radius 1 is 1.19 bits per heavy atom. The lowest BCUT2D eigenvalue weighted by Crippen LogP contribution is -2.39. The number of esters is 1. The van der Waals surface area contributed by atoms with Gasteiger partial charge in [0, 0.05) is 15.5 Å². The molecule has 0 fully saturated rings. The molecule has 0 aliphatic carbocycles. The Balaban J connectivity index is 1.58. The molecule has 11 heteroatoms. The van der Waals surface area contributed by atoms with E-state index in [1.807, 2.05) is 73.0 Å². The quantitative estimate of drug-likeness (QED) is 0.113. The Hall–Kier alpha value is -3.06. The fourth-order valence-electron chi connectivity index (χ4n) is 4.77. The molecule has 222 valence electrons. The number of hydrogen-bond donors (Lipinski definition) is 0. The minimum atomic E-state index is -0.663. The molecule has 0 spiro atoms. The predicted molar refractivity (Wildman–Crippen MR) is 180 cm³/mol.